The van der Waals surface area contributed by atoms with Gasteiger partial charge in [-0.2, -0.15) is 0 Å². The molecule has 1 aromatic rings. The summed E-state index contributed by atoms with van der Waals surface area (Å²) in [6, 6.07) is 6.74. The summed E-state index contributed by atoms with van der Waals surface area (Å²) in [5.41, 5.74) is 2.28. The molecule has 0 amide bonds. The van der Waals surface area contributed by atoms with E-state index in [2.05, 4.69) is 36.3 Å². The van der Waals surface area contributed by atoms with Gasteiger partial charge in [-0.15, -0.1) is 0 Å². The van der Waals surface area contributed by atoms with Crippen molar-refractivity contribution in [2.45, 2.75) is 39.2 Å². The van der Waals surface area contributed by atoms with Gasteiger partial charge in [-0.1, -0.05) is 19.9 Å². The molecule has 1 rings (SSSR count). The summed E-state index contributed by atoms with van der Waals surface area (Å²) >= 11 is 0. The molecule has 1 aromatic heterocycles. The third-order valence-electron chi connectivity index (χ3n) is 2.79. The third kappa shape index (κ3) is 2.55. The second-order valence-corrected chi connectivity index (χ2v) is 3.80. The fraction of sp³-hybridized carbons (Fsp3) is 0.583. The molecule has 14 heavy (non-hydrogen) atoms. The average Bonchev–Trinajstić information content (AvgIpc) is 2.19. The quantitative estimate of drug-likeness (QED) is 0.792. The lowest BCUT2D eigenvalue weighted by Gasteiger charge is -2.21. The molecule has 0 aromatic carbocycles. The highest BCUT2D eigenvalue weighted by Gasteiger charge is 2.16. The van der Waals surface area contributed by atoms with Crippen molar-refractivity contribution in [1.29, 1.82) is 0 Å². The lowest BCUT2D eigenvalue weighted by atomic mass is 9.95. The fourth-order valence-corrected chi connectivity index (χ4v) is 1.83. The van der Waals surface area contributed by atoms with E-state index in [1.807, 2.05) is 20.0 Å². The fourth-order valence-electron chi connectivity index (χ4n) is 1.83. The van der Waals surface area contributed by atoms with Crippen LogP contribution in [0.3, 0.4) is 0 Å². The van der Waals surface area contributed by atoms with Gasteiger partial charge < -0.3 is 5.32 Å². The van der Waals surface area contributed by atoms with Gasteiger partial charge in [0.15, 0.2) is 0 Å². The molecule has 2 unspecified atom stereocenters. The van der Waals surface area contributed by atoms with Gasteiger partial charge in [-0.3, -0.25) is 4.98 Å². The molecule has 0 aliphatic heterocycles. The van der Waals surface area contributed by atoms with Crippen molar-refractivity contribution in [3.8, 4) is 0 Å². The first-order valence-corrected chi connectivity index (χ1v) is 5.29. The molecule has 1 heterocycles. The molecule has 2 nitrogen and oxygen atoms in total. The molecule has 0 aliphatic rings. The van der Waals surface area contributed by atoms with Crippen LogP contribution in [0.2, 0.25) is 0 Å². The molecular weight excluding hydrogens is 172 g/mol. The van der Waals surface area contributed by atoms with Crippen molar-refractivity contribution in [2.75, 3.05) is 7.05 Å². The molecule has 0 saturated heterocycles. The number of likely N-dealkylation sites (N-methyl/N-ethyl adjacent to an activating group) is 1. The number of rotatable bonds is 4. The summed E-state index contributed by atoms with van der Waals surface area (Å²) in [7, 11) is 2.01. The largest absolute Gasteiger partial charge is 0.316 e. The SMILES string of the molecule is CCC(NC)C(C)c1cccc(C)n1. The van der Waals surface area contributed by atoms with Crippen molar-refractivity contribution in [2.24, 2.45) is 0 Å². The van der Waals surface area contributed by atoms with Crippen LogP contribution in [0, 0.1) is 6.92 Å². The molecule has 0 saturated carbocycles. The maximum absolute atomic E-state index is 4.55. The molecular formula is C12H20N2. The number of pyridine rings is 1. The van der Waals surface area contributed by atoms with Crippen molar-refractivity contribution in [3.05, 3.63) is 29.6 Å². The minimum Gasteiger partial charge on any atom is -0.316 e. The van der Waals surface area contributed by atoms with Crippen molar-refractivity contribution in [1.82, 2.24) is 10.3 Å². The molecule has 0 bridgehead atoms. The average molecular weight is 192 g/mol. The zero-order valence-electron chi connectivity index (χ0n) is 9.54. The van der Waals surface area contributed by atoms with Gasteiger partial charge in [0.1, 0.15) is 0 Å². The summed E-state index contributed by atoms with van der Waals surface area (Å²) in [5, 5.41) is 3.33. The summed E-state index contributed by atoms with van der Waals surface area (Å²) in [6.07, 6.45) is 1.13. The molecule has 2 atom stereocenters. The Hall–Kier alpha value is -0.890. The van der Waals surface area contributed by atoms with E-state index in [-0.39, 0.29) is 0 Å². The van der Waals surface area contributed by atoms with Gasteiger partial charge >= 0.3 is 0 Å². The minimum absolute atomic E-state index is 0.477. The highest BCUT2D eigenvalue weighted by atomic mass is 14.9. The highest BCUT2D eigenvalue weighted by Crippen LogP contribution is 2.18. The van der Waals surface area contributed by atoms with Crippen LogP contribution in [0.25, 0.3) is 0 Å². The van der Waals surface area contributed by atoms with Crippen LogP contribution in [-0.4, -0.2) is 18.1 Å². The number of aryl methyl sites for hydroxylation is 1. The Balaban J connectivity index is 2.82. The van der Waals surface area contributed by atoms with Gasteiger partial charge in [0.2, 0.25) is 0 Å². The molecule has 78 valence electrons. The van der Waals surface area contributed by atoms with E-state index < -0.39 is 0 Å². The first-order valence-electron chi connectivity index (χ1n) is 5.29. The normalized spacial score (nSPS) is 15.1. The van der Waals surface area contributed by atoms with Gasteiger partial charge in [0, 0.05) is 23.3 Å². The van der Waals surface area contributed by atoms with Gasteiger partial charge in [-0.25, -0.2) is 0 Å². The Morgan fingerprint density at radius 1 is 1.43 bits per heavy atom. The first-order chi connectivity index (χ1) is 6.69. The van der Waals surface area contributed by atoms with Crippen LogP contribution >= 0.6 is 0 Å². The smallest absolute Gasteiger partial charge is 0.0450 e. The first kappa shape index (κ1) is 11.2. The number of aromatic nitrogens is 1. The molecule has 0 radical (unpaired) electrons. The summed E-state index contributed by atoms with van der Waals surface area (Å²) in [4.78, 5) is 4.55. The minimum atomic E-state index is 0.477. The van der Waals surface area contributed by atoms with Crippen LogP contribution in [0.15, 0.2) is 18.2 Å². The third-order valence-corrected chi connectivity index (χ3v) is 2.79. The Morgan fingerprint density at radius 3 is 2.64 bits per heavy atom. The molecule has 1 N–H and O–H groups in total. The number of hydrogen-bond donors (Lipinski definition) is 1. The molecule has 0 aliphatic carbocycles. The van der Waals surface area contributed by atoms with Crippen LogP contribution in [0.5, 0.6) is 0 Å². The number of nitrogens with one attached hydrogen (secondary N) is 1. The van der Waals surface area contributed by atoms with E-state index >= 15 is 0 Å². The summed E-state index contributed by atoms with van der Waals surface area (Å²) in [6.45, 7) is 6.47. The van der Waals surface area contributed by atoms with Crippen LogP contribution in [0.4, 0.5) is 0 Å². The Bertz CT molecular complexity index is 279. The van der Waals surface area contributed by atoms with E-state index in [0.717, 1.165) is 12.1 Å². The van der Waals surface area contributed by atoms with E-state index in [1.165, 1.54) is 5.69 Å². The lowest BCUT2D eigenvalue weighted by molar-refractivity contribution is 0.465. The number of hydrogen-bond acceptors (Lipinski definition) is 2. The van der Waals surface area contributed by atoms with Crippen LogP contribution < -0.4 is 5.32 Å². The maximum Gasteiger partial charge on any atom is 0.0450 e. The van der Waals surface area contributed by atoms with Crippen LogP contribution in [0.1, 0.15) is 37.6 Å². The Morgan fingerprint density at radius 2 is 2.14 bits per heavy atom. The van der Waals surface area contributed by atoms with Crippen molar-refractivity contribution >= 4 is 0 Å². The standard InChI is InChI=1S/C12H20N2/c1-5-11(13-4)10(3)12-8-6-7-9(2)14-12/h6-8,10-11,13H,5H2,1-4H3. The van der Waals surface area contributed by atoms with Crippen molar-refractivity contribution in [3.63, 3.8) is 0 Å². The van der Waals surface area contributed by atoms with Gasteiger partial charge in [0.25, 0.3) is 0 Å². The van der Waals surface area contributed by atoms with Crippen LogP contribution in [-0.2, 0) is 0 Å². The predicted octanol–water partition coefficient (Wildman–Crippen LogP) is 2.49. The second-order valence-electron chi connectivity index (χ2n) is 3.80. The second kappa shape index (κ2) is 5.11. The zero-order chi connectivity index (χ0) is 10.6. The highest BCUT2D eigenvalue weighted by molar-refractivity contribution is 5.15. The Kier molecular flexibility index (Phi) is 4.08. The van der Waals surface area contributed by atoms with Gasteiger partial charge in [0.05, 0.1) is 0 Å². The monoisotopic (exact) mass is 192 g/mol. The van der Waals surface area contributed by atoms with E-state index in [1.54, 1.807) is 0 Å². The number of nitrogens with zero attached hydrogens (tertiary/aromatic N) is 1. The van der Waals surface area contributed by atoms with E-state index in [0.29, 0.717) is 12.0 Å². The van der Waals surface area contributed by atoms with Gasteiger partial charge in [-0.05, 0) is 32.5 Å². The molecule has 0 spiro atoms. The van der Waals surface area contributed by atoms with E-state index in [4.69, 9.17) is 0 Å². The maximum atomic E-state index is 4.55. The Labute approximate surface area is 86.8 Å². The summed E-state index contributed by atoms with van der Waals surface area (Å²) in [5.74, 6) is 0.477. The topological polar surface area (TPSA) is 24.9 Å². The summed E-state index contributed by atoms with van der Waals surface area (Å²) < 4.78 is 0. The molecule has 2 heteroatoms. The van der Waals surface area contributed by atoms with Crippen molar-refractivity contribution < 1.29 is 0 Å². The lowest BCUT2D eigenvalue weighted by Crippen LogP contribution is -2.30. The van der Waals surface area contributed by atoms with E-state index in [9.17, 15) is 0 Å². The predicted molar refractivity (Wildman–Crippen MR) is 60.5 cm³/mol. The zero-order valence-corrected chi connectivity index (χ0v) is 9.54. The molecule has 0 fully saturated rings.